The fourth-order valence-corrected chi connectivity index (χ4v) is 3.39. The van der Waals surface area contributed by atoms with Gasteiger partial charge in [0.05, 0.1) is 18.7 Å². The topological polar surface area (TPSA) is 67.3 Å². The zero-order chi connectivity index (χ0) is 17.9. The molecule has 26 heavy (non-hydrogen) atoms. The monoisotopic (exact) mass is 352 g/mol. The van der Waals surface area contributed by atoms with Crippen molar-refractivity contribution in [3.63, 3.8) is 0 Å². The summed E-state index contributed by atoms with van der Waals surface area (Å²) in [5.41, 5.74) is 1.90. The van der Waals surface area contributed by atoms with Crippen LogP contribution >= 0.6 is 0 Å². The fraction of sp³-hybridized carbons (Fsp3) is 0.450. The Morgan fingerprint density at radius 1 is 1.19 bits per heavy atom. The number of anilines is 1. The Morgan fingerprint density at radius 3 is 2.73 bits per heavy atom. The molecule has 1 N–H and O–H groups in total. The van der Waals surface area contributed by atoms with Crippen LogP contribution in [0.3, 0.4) is 0 Å². The van der Waals surface area contributed by atoms with Crippen LogP contribution in [0.2, 0.25) is 0 Å². The number of amides is 1. The number of carbonyl (C=O) groups excluding carboxylic acids is 1. The lowest BCUT2D eigenvalue weighted by molar-refractivity contribution is -0.125. The maximum atomic E-state index is 12.4. The van der Waals surface area contributed by atoms with Crippen LogP contribution in [0.1, 0.15) is 25.7 Å². The molecule has 1 aromatic heterocycles. The minimum atomic E-state index is 0.0451. The minimum Gasteiger partial charge on any atom is -0.497 e. The first-order chi connectivity index (χ1) is 12.7. The molecule has 136 valence electrons. The van der Waals surface area contributed by atoms with Crippen LogP contribution in [0.4, 0.5) is 5.82 Å². The van der Waals surface area contributed by atoms with Crippen molar-refractivity contribution in [1.82, 2.24) is 15.3 Å². The predicted molar refractivity (Wildman–Crippen MR) is 100 cm³/mol. The number of hydrogen-bond acceptors (Lipinski definition) is 5. The van der Waals surface area contributed by atoms with Crippen molar-refractivity contribution < 1.29 is 9.53 Å². The highest BCUT2D eigenvalue weighted by molar-refractivity contribution is 5.80. The van der Waals surface area contributed by atoms with Crippen LogP contribution in [-0.4, -0.2) is 42.1 Å². The summed E-state index contributed by atoms with van der Waals surface area (Å²) in [4.78, 5) is 23.4. The maximum Gasteiger partial charge on any atom is 0.225 e. The largest absolute Gasteiger partial charge is 0.497 e. The third kappa shape index (κ3) is 3.79. The first kappa shape index (κ1) is 16.8. The summed E-state index contributed by atoms with van der Waals surface area (Å²) in [7, 11) is 1.66. The van der Waals surface area contributed by atoms with Crippen LogP contribution in [0.15, 0.2) is 36.7 Å². The van der Waals surface area contributed by atoms with E-state index in [-0.39, 0.29) is 11.8 Å². The Balaban J connectivity index is 1.48. The molecule has 2 aromatic rings. The van der Waals surface area contributed by atoms with Gasteiger partial charge in [-0.25, -0.2) is 9.97 Å². The molecule has 0 radical (unpaired) electrons. The summed E-state index contributed by atoms with van der Waals surface area (Å²) in [6.07, 6.45) is 5.80. The van der Waals surface area contributed by atoms with E-state index in [0.29, 0.717) is 6.04 Å². The van der Waals surface area contributed by atoms with Crippen LogP contribution in [0, 0.1) is 5.92 Å². The van der Waals surface area contributed by atoms with Crippen molar-refractivity contribution in [1.29, 1.82) is 0 Å². The number of rotatable bonds is 5. The standard InChI is InChI=1S/C20H24N4O2/c1-26-17-8-4-14(5-9-17)18-11-19(22-13-21-18)24-10-2-3-15(12-24)20(25)23-16-6-7-16/h4-5,8-9,11,13,15-16H,2-3,6-7,10,12H2,1H3,(H,23,25). The summed E-state index contributed by atoms with van der Waals surface area (Å²) in [5, 5.41) is 3.13. The lowest BCUT2D eigenvalue weighted by Crippen LogP contribution is -2.44. The highest BCUT2D eigenvalue weighted by Gasteiger charge is 2.30. The average Bonchev–Trinajstić information content (AvgIpc) is 3.52. The van der Waals surface area contributed by atoms with E-state index in [0.717, 1.165) is 61.6 Å². The van der Waals surface area contributed by atoms with Gasteiger partial charge < -0.3 is 15.0 Å². The van der Waals surface area contributed by atoms with Crippen LogP contribution < -0.4 is 15.0 Å². The van der Waals surface area contributed by atoms with E-state index in [2.05, 4.69) is 20.2 Å². The Morgan fingerprint density at radius 2 is 2.00 bits per heavy atom. The SMILES string of the molecule is COc1ccc(-c2cc(N3CCCC(C(=O)NC4CC4)C3)ncn2)cc1. The number of carbonyl (C=O) groups is 1. The van der Waals surface area contributed by atoms with E-state index in [9.17, 15) is 4.79 Å². The highest BCUT2D eigenvalue weighted by atomic mass is 16.5. The predicted octanol–water partition coefficient (Wildman–Crippen LogP) is 2.65. The van der Waals surface area contributed by atoms with Gasteiger partial charge in [0.15, 0.2) is 0 Å². The van der Waals surface area contributed by atoms with E-state index >= 15 is 0 Å². The van der Waals surface area contributed by atoms with Gasteiger partial charge in [-0.1, -0.05) is 0 Å². The number of nitrogens with one attached hydrogen (secondary N) is 1. The molecule has 2 aliphatic rings. The molecular formula is C20H24N4O2. The molecule has 0 spiro atoms. The average molecular weight is 352 g/mol. The lowest BCUT2D eigenvalue weighted by atomic mass is 9.97. The summed E-state index contributed by atoms with van der Waals surface area (Å²) in [6, 6.07) is 10.3. The summed E-state index contributed by atoms with van der Waals surface area (Å²) >= 11 is 0. The molecule has 6 heteroatoms. The quantitative estimate of drug-likeness (QED) is 0.896. The molecule has 1 saturated carbocycles. The normalized spacial score (nSPS) is 19.9. The van der Waals surface area contributed by atoms with Gasteiger partial charge in [0.2, 0.25) is 5.91 Å². The summed E-state index contributed by atoms with van der Waals surface area (Å²) < 4.78 is 5.21. The van der Waals surface area contributed by atoms with Gasteiger partial charge in [-0.2, -0.15) is 0 Å². The number of piperidine rings is 1. The molecule has 1 unspecified atom stereocenters. The Hall–Kier alpha value is -2.63. The number of ether oxygens (including phenoxy) is 1. The molecule has 4 rings (SSSR count). The van der Waals surface area contributed by atoms with E-state index in [1.165, 1.54) is 0 Å². The third-order valence-corrected chi connectivity index (χ3v) is 5.08. The van der Waals surface area contributed by atoms with Crippen molar-refractivity contribution in [2.75, 3.05) is 25.1 Å². The zero-order valence-electron chi connectivity index (χ0n) is 15.0. The van der Waals surface area contributed by atoms with Crippen molar-refractivity contribution in [2.24, 2.45) is 5.92 Å². The third-order valence-electron chi connectivity index (χ3n) is 5.08. The van der Waals surface area contributed by atoms with Gasteiger partial charge in [-0.05, 0) is 49.9 Å². The maximum absolute atomic E-state index is 12.4. The molecule has 0 bridgehead atoms. The van der Waals surface area contributed by atoms with Gasteiger partial charge in [-0.15, -0.1) is 0 Å². The van der Waals surface area contributed by atoms with Gasteiger partial charge in [0.1, 0.15) is 17.9 Å². The smallest absolute Gasteiger partial charge is 0.225 e. The van der Waals surface area contributed by atoms with Crippen LogP contribution in [0.25, 0.3) is 11.3 Å². The van der Waals surface area contributed by atoms with Crippen molar-refractivity contribution in [3.05, 3.63) is 36.7 Å². The lowest BCUT2D eigenvalue weighted by Gasteiger charge is -2.33. The van der Waals surface area contributed by atoms with E-state index in [1.54, 1.807) is 13.4 Å². The van der Waals surface area contributed by atoms with E-state index in [1.807, 2.05) is 30.3 Å². The van der Waals surface area contributed by atoms with Crippen LogP contribution in [-0.2, 0) is 4.79 Å². The fourth-order valence-electron chi connectivity index (χ4n) is 3.39. The molecule has 6 nitrogen and oxygen atoms in total. The van der Waals surface area contributed by atoms with Crippen molar-refractivity contribution in [3.8, 4) is 17.0 Å². The number of hydrogen-bond donors (Lipinski definition) is 1. The molecule has 1 aliphatic carbocycles. The molecule has 1 atom stereocenters. The number of aromatic nitrogens is 2. The molecule has 2 heterocycles. The van der Waals surface area contributed by atoms with Crippen LogP contribution in [0.5, 0.6) is 5.75 Å². The zero-order valence-corrected chi connectivity index (χ0v) is 15.0. The Labute approximate surface area is 153 Å². The van der Waals surface area contributed by atoms with Gasteiger partial charge in [-0.3, -0.25) is 4.79 Å². The molecule has 2 fully saturated rings. The second-order valence-corrected chi connectivity index (χ2v) is 7.06. The second kappa shape index (κ2) is 7.32. The van der Waals surface area contributed by atoms with Crippen molar-refractivity contribution in [2.45, 2.75) is 31.7 Å². The molecule has 1 amide bonds. The number of nitrogens with zero attached hydrogens (tertiary/aromatic N) is 3. The number of methoxy groups -OCH3 is 1. The second-order valence-electron chi connectivity index (χ2n) is 7.06. The molecule has 1 saturated heterocycles. The van der Waals surface area contributed by atoms with E-state index < -0.39 is 0 Å². The highest BCUT2D eigenvalue weighted by Crippen LogP contribution is 2.27. The molecule has 1 aliphatic heterocycles. The first-order valence-corrected chi connectivity index (χ1v) is 9.25. The van der Waals surface area contributed by atoms with Gasteiger partial charge in [0.25, 0.3) is 0 Å². The number of benzene rings is 1. The molecular weight excluding hydrogens is 328 g/mol. The van der Waals surface area contributed by atoms with Crippen molar-refractivity contribution >= 4 is 11.7 Å². The van der Waals surface area contributed by atoms with Gasteiger partial charge >= 0.3 is 0 Å². The summed E-state index contributed by atoms with van der Waals surface area (Å²) in [6.45, 7) is 1.64. The van der Waals surface area contributed by atoms with Gasteiger partial charge in [0, 0.05) is 30.8 Å². The Kier molecular flexibility index (Phi) is 4.73. The summed E-state index contributed by atoms with van der Waals surface area (Å²) in [5.74, 6) is 1.95. The first-order valence-electron chi connectivity index (χ1n) is 9.25. The Bertz CT molecular complexity index is 774. The minimum absolute atomic E-state index is 0.0451. The molecule has 1 aromatic carbocycles. The van der Waals surface area contributed by atoms with E-state index in [4.69, 9.17) is 4.74 Å².